The Kier molecular flexibility index (Phi) is 47.8. The Morgan fingerprint density at radius 1 is 0.527 bits per heavy atom. The van der Waals surface area contributed by atoms with Crippen LogP contribution in [0.15, 0.2) is 164 Å². The van der Waals surface area contributed by atoms with Gasteiger partial charge in [0.15, 0.2) is 0 Å². The molecule has 2 aliphatic rings. The van der Waals surface area contributed by atoms with Gasteiger partial charge in [-0.15, -0.1) is 74.6 Å². The number of sulfonamides is 1. The summed E-state index contributed by atoms with van der Waals surface area (Å²) in [4.78, 5) is 30.8. The van der Waals surface area contributed by atoms with Crippen molar-refractivity contribution in [1.29, 1.82) is 0 Å². The molecule has 4 heterocycles. The first-order valence-corrected chi connectivity index (χ1v) is 34.8. The summed E-state index contributed by atoms with van der Waals surface area (Å²) in [6, 6.07) is 32.6. The fourth-order valence-corrected chi connectivity index (χ4v) is 10.8. The van der Waals surface area contributed by atoms with Gasteiger partial charge in [0.2, 0.25) is 11.8 Å². The van der Waals surface area contributed by atoms with Crippen LogP contribution >= 0.6 is 23.1 Å². The van der Waals surface area contributed by atoms with Gasteiger partial charge in [-0.05, 0) is 247 Å². The summed E-state index contributed by atoms with van der Waals surface area (Å²) < 4.78 is 149. The van der Waals surface area contributed by atoms with Gasteiger partial charge in [0, 0.05) is 40.3 Å². The number of nitrogens with zero attached hydrogens (tertiary/aromatic N) is 3. The number of carbonyl (C=O) groups is 2. The molecule has 0 bridgehead atoms. The third-order valence-corrected chi connectivity index (χ3v) is 16.7. The maximum absolute atomic E-state index is 13.4. The second-order valence-corrected chi connectivity index (χ2v) is 25.0. The summed E-state index contributed by atoms with van der Waals surface area (Å²) in [6.45, 7) is 14.0. The zero-order chi connectivity index (χ0) is 81.8. The molecule has 0 fully saturated rings. The number of carboxylic acids is 2. The number of aliphatic carboxylic acids is 2. The number of para-hydroxylation sites is 2. The van der Waals surface area contributed by atoms with Crippen molar-refractivity contribution in [2.24, 2.45) is 0 Å². The number of hydrogen-bond donors (Lipinski definition) is 3. The molecule has 0 aliphatic carbocycles. The van der Waals surface area contributed by atoms with Gasteiger partial charge in [-0.1, -0.05) is 48.2 Å². The number of ether oxygens (including phenoxy) is 2. The molecule has 0 unspecified atom stereocenters. The van der Waals surface area contributed by atoms with Crippen molar-refractivity contribution < 1.29 is 116 Å². The molecule has 2 aromatic heterocycles. The second-order valence-electron chi connectivity index (χ2n) is 20.7. The molecule has 10 rings (SSSR count). The minimum absolute atomic E-state index is 0. The van der Waals surface area contributed by atoms with Crippen molar-refractivity contribution in [2.45, 2.75) is 116 Å². The van der Waals surface area contributed by atoms with Crippen molar-refractivity contribution in [3.05, 3.63) is 191 Å². The van der Waals surface area contributed by atoms with E-state index in [1.54, 1.807) is 52.0 Å². The molecule has 0 saturated carbocycles. The Balaban J connectivity index is 0. The number of benzene rings is 6. The Labute approximate surface area is 682 Å². The first-order chi connectivity index (χ1) is 51.7. The molecule has 4 N–H and O–H groups in total. The van der Waals surface area contributed by atoms with Gasteiger partial charge in [-0.3, -0.25) is 4.31 Å². The average molecular weight is 1610 g/mol. The molecule has 8 aromatic rings. The van der Waals surface area contributed by atoms with Crippen LogP contribution in [0.1, 0.15) is 86.7 Å². The number of rotatable bonds is 13. The van der Waals surface area contributed by atoms with Gasteiger partial charge in [0.05, 0.1) is 26.6 Å². The Morgan fingerprint density at radius 2 is 0.884 bits per heavy atom. The van der Waals surface area contributed by atoms with Crippen LogP contribution in [0.25, 0.3) is 22.9 Å². The van der Waals surface area contributed by atoms with E-state index in [1.165, 1.54) is 72.8 Å². The molecule has 112 heavy (non-hydrogen) atoms. The van der Waals surface area contributed by atoms with E-state index < -0.39 is 66.6 Å². The maximum Gasteiger partial charge on any atom is 1.00 e. The Morgan fingerprint density at radius 3 is 1.20 bits per heavy atom. The molecular weight excluding hydrogens is 1540 g/mol. The summed E-state index contributed by atoms with van der Waals surface area (Å²) in [6.07, 6.45) is 20.0. The van der Waals surface area contributed by atoms with E-state index in [1.807, 2.05) is 52.0 Å². The third kappa shape index (κ3) is 34.9. The summed E-state index contributed by atoms with van der Waals surface area (Å²) in [5, 5.41) is 21.3. The van der Waals surface area contributed by atoms with Crippen LogP contribution in [0.3, 0.4) is 0 Å². The first kappa shape index (κ1) is 102. The molecular formula is C84H69Cl2F6N4NaO13S2. The largest absolute Gasteiger partial charge is 1.00 e. The molecule has 17 nitrogen and oxygen atoms in total. The number of aromatic nitrogens is 2. The minimum atomic E-state index is -4.45. The number of halogens is 8. The van der Waals surface area contributed by atoms with Gasteiger partial charge < -0.3 is 39.3 Å². The normalized spacial score (nSPS) is 11.3. The molecule has 6 aromatic carbocycles. The van der Waals surface area contributed by atoms with E-state index in [0.29, 0.717) is 63.2 Å². The fraction of sp³-hybridized carbons (Fsp3) is 0.190. The standard InChI is InChI=1S/C27H21F3N2O6S.C18H13ClF3NO4S.C9H9NO2.2C6H2.2C5H4.2C4H6.ClH.Na.H2O/c1-16-22(31-25(38-16)17-6-8-19(9-7-17)27(28,29)30)15-37-20-10-12-21(13-11-20)39(35,36)32-23-5-3-2-4-18(23)14-24(32)26(33)34;1-11-16(10-26-14-6-8-15(9-7-14)28(19,24)25)23-17(27-11)12-2-4-13(5-3-12)18(20,21)22;11-9(12)8-5-6-3-1-2-4-7(6)10-8;2*1-3-5-6-4-2;2*1-3-5-4-2;2*1-3-4-2;;;/h2-13,24H,14-15H2,1H3,(H,33,34);2-9H,10H2,1H3;1-4,8,10H,5H2,(H,11,12);2*1-2H;2*1H,2H3;2*1-2H3;1H;;1H2/q;;;;;;;;;;+1;/p-1/t24-;;8-;;;;;;;;;/m1.1........./s1. The number of nitrogens with one attached hydrogen (secondary N) is 1. The predicted molar refractivity (Wildman–Crippen MR) is 417 cm³/mol. The zero-order valence-electron chi connectivity index (χ0n) is 61.4. The molecule has 28 heteroatoms. The number of aryl methyl sites for hydroxylation is 2. The van der Waals surface area contributed by atoms with Crippen molar-refractivity contribution in [1.82, 2.24) is 9.97 Å². The number of alkyl halides is 6. The maximum atomic E-state index is 13.4. The van der Waals surface area contributed by atoms with Crippen molar-refractivity contribution in [2.75, 3.05) is 9.62 Å². The number of fused-ring (bicyclic) bond motifs is 2. The van der Waals surface area contributed by atoms with Crippen LogP contribution in [0.5, 0.6) is 11.5 Å². The van der Waals surface area contributed by atoms with Crippen molar-refractivity contribution >= 4 is 65.5 Å². The van der Waals surface area contributed by atoms with E-state index in [2.05, 4.69) is 122 Å². The van der Waals surface area contributed by atoms with E-state index >= 15 is 0 Å². The minimum Gasteiger partial charge on any atom is -0.870 e. The Bertz CT molecular complexity index is 5180. The van der Waals surface area contributed by atoms with E-state index in [-0.39, 0.29) is 88.6 Å². The fourth-order valence-electron chi connectivity index (χ4n) is 8.38. The number of terminal acetylenes is 6. The number of hydrogen-bond acceptors (Lipinski definition) is 14. The summed E-state index contributed by atoms with van der Waals surface area (Å²) in [5.74, 6) is 42.0. The third-order valence-electron chi connectivity index (χ3n) is 13.5. The zero-order valence-corrected chi connectivity index (χ0v) is 66.6. The van der Waals surface area contributed by atoms with Gasteiger partial charge >= 0.3 is 53.8 Å². The van der Waals surface area contributed by atoms with Gasteiger partial charge in [0.1, 0.15) is 59.7 Å². The molecule has 2 aliphatic heterocycles. The van der Waals surface area contributed by atoms with E-state index in [0.717, 1.165) is 39.8 Å². The van der Waals surface area contributed by atoms with Gasteiger partial charge in [-0.25, -0.2) is 36.4 Å². The van der Waals surface area contributed by atoms with Gasteiger partial charge in [0.25, 0.3) is 19.1 Å². The van der Waals surface area contributed by atoms with Crippen LogP contribution in [0, 0.1) is 159 Å². The number of carboxylic acid groups (broad SMARTS) is 2. The van der Waals surface area contributed by atoms with Crippen LogP contribution in [0.2, 0.25) is 0 Å². The molecule has 0 radical (unpaired) electrons. The second kappa shape index (κ2) is 52.6. The summed E-state index contributed by atoms with van der Waals surface area (Å²) >= 11 is 0. The topological polar surface area (TPSA) is 259 Å². The number of oxazole rings is 2. The molecule has 0 spiro atoms. The van der Waals surface area contributed by atoms with Crippen LogP contribution in [-0.4, -0.2) is 66.5 Å². The van der Waals surface area contributed by atoms with Crippen LogP contribution in [-0.2, 0) is 67.1 Å². The SMILES string of the molecule is C#CC#CC.C#CC#CC.C#CC#CC#C.C#CC#CC#C.CC#CC.CC#CC.Cc1oc(-c2ccc(C(F)(F)F)cc2)nc1COc1ccc(S(=O)(=O)Cl)cc1.Cc1oc(-c2ccc(C(F)(F)F)cc2)nc1COc1ccc(S(=O)(=O)N2c3ccccc3C[C@@H]2C(=O)O)cc1.Cl.O=C(O)[C@H]1Cc2ccccc2N1.[Na+].[OH-]. The molecule has 0 amide bonds. The average Bonchev–Trinajstić information content (AvgIpc) is 1.61. The summed E-state index contributed by atoms with van der Waals surface area (Å²) in [7, 11) is -2.74. The predicted octanol–water partition coefficient (Wildman–Crippen LogP) is 12.8. The van der Waals surface area contributed by atoms with Crippen LogP contribution in [0.4, 0.5) is 37.7 Å². The Hall–Kier alpha value is -12.4. The van der Waals surface area contributed by atoms with Crippen LogP contribution < -0.4 is 48.7 Å². The van der Waals surface area contributed by atoms with Gasteiger partial charge in [-0.2, -0.15) is 26.3 Å². The van der Waals surface area contributed by atoms with E-state index in [4.69, 9.17) is 72.6 Å². The summed E-state index contributed by atoms with van der Waals surface area (Å²) in [5.41, 5.74) is 3.11. The molecule has 572 valence electrons. The van der Waals surface area contributed by atoms with E-state index in [9.17, 15) is 57.9 Å². The van der Waals surface area contributed by atoms with Crippen molar-refractivity contribution in [3.8, 4) is 180 Å². The quantitative estimate of drug-likeness (QED) is 0.0419. The smallest absolute Gasteiger partial charge is 0.870 e. The molecule has 2 atom stereocenters. The first-order valence-electron chi connectivity index (χ1n) is 31.1. The number of anilines is 2. The monoisotopic (exact) mass is 1610 g/mol. The molecule has 0 saturated heterocycles. The van der Waals surface area contributed by atoms with Crippen molar-refractivity contribution in [3.63, 3.8) is 0 Å².